The fourth-order valence-corrected chi connectivity index (χ4v) is 0. The average Bonchev–Trinajstić information content (AvgIpc) is 1.54. The summed E-state index contributed by atoms with van der Waals surface area (Å²) in [5, 5.41) is 26.7. The SMILES string of the molecule is CC(=O)[O-].CC(=O)[O-].CC(=O)[O-].[Bi+3].[F]. The Hall–Kier alpha value is -0.777. The molecule has 0 bridgehead atoms. The maximum absolute atomic E-state index is 8.89. The number of carbonyl (C=O) groups is 3. The number of halogens is 1. The summed E-state index contributed by atoms with van der Waals surface area (Å²) in [4.78, 5) is 26.7. The van der Waals surface area contributed by atoms with Crippen LogP contribution in [0.1, 0.15) is 20.8 Å². The minimum absolute atomic E-state index is 0. The molecule has 0 fully saturated rings. The van der Waals surface area contributed by atoms with Crippen LogP contribution in [0, 0.1) is 0 Å². The molecule has 3 radical (unpaired) electrons. The van der Waals surface area contributed by atoms with Crippen LogP contribution in [-0.4, -0.2) is 44.1 Å². The normalized spacial score (nSPS) is 5.36. The smallest absolute Gasteiger partial charge is 0.550 e. The van der Waals surface area contributed by atoms with Crippen LogP contribution in [0.25, 0.3) is 0 Å². The van der Waals surface area contributed by atoms with Crippen molar-refractivity contribution in [2.45, 2.75) is 20.8 Å². The summed E-state index contributed by atoms with van der Waals surface area (Å²) in [6.07, 6.45) is 0. The van der Waals surface area contributed by atoms with E-state index in [4.69, 9.17) is 29.7 Å². The van der Waals surface area contributed by atoms with Gasteiger partial charge in [-0.1, -0.05) is 0 Å². The van der Waals surface area contributed by atoms with Crippen LogP contribution < -0.4 is 15.3 Å². The molecule has 6 nitrogen and oxygen atoms in total. The minimum Gasteiger partial charge on any atom is -0.550 e. The monoisotopic (exact) mass is 405 g/mol. The molecule has 0 atom stereocenters. The number of carboxylic acids is 3. The number of hydrogen-bond donors (Lipinski definition) is 0. The Morgan fingerprint density at radius 3 is 0.714 bits per heavy atom. The number of hydrogen-bond acceptors (Lipinski definition) is 6. The molecule has 14 heavy (non-hydrogen) atoms. The minimum atomic E-state index is -1.08. The molecule has 0 aromatic rings. The van der Waals surface area contributed by atoms with E-state index < -0.39 is 17.9 Å². The second-order valence-corrected chi connectivity index (χ2v) is 1.47. The van der Waals surface area contributed by atoms with Crippen LogP contribution in [0.3, 0.4) is 0 Å². The molecule has 0 aliphatic carbocycles. The van der Waals surface area contributed by atoms with Crippen molar-refractivity contribution in [3.8, 4) is 0 Å². The van der Waals surface area contributed by atoms with Crippen LogP contribution in [0.5, 0.6) is 0 Å². The first-order chi connectivity index (χ1) is 5.20. The molecule has 8 heteroatoms. The van der Waals surface area contributed by atoms with E-state index in [1.54, 1.807) is 0 Å². The summed E-state index contributed by atoms with van der Waals surface area (Å²) < 4.78 is 0. The van der Waals surface area contributed by atoms with Gasteiger partial charge in [0.1, 0.15) is 0 Å². The number of aliphatic carboxylic acids is 3. The summed E-state index contributed by atoms with van der Waals surface area (Å²) in [7, 11) is 0. The van der Waals surface area contributed by atoms with Gasteiger partial charge in [0.05, 0.1) is 0 Å². The molecular weight excluding hydrogens is 396 g/mol. The van der Waals surface area contributed by atoms with Gasteiger partial charge in [-0.3, -0.25) is 0 Å². The Labute approximate surface area is 99.4 Å². The molecule has 0 saturated carbocycles. The Kier molecular flexibility index (Phi) is 47.5. The van der Waals surface area contributed by atoms with Gasteiger partial charge in [0.25, 0.3) is 0 Å². The van der Waals surface area contributed by atoms with Gasteiger partial charge >= 0.3 is 26.2 Å². The summed E-state index contributed by atoms with van der Waals surface area (Å²) in [6.45, 7) is 2.92. The van der Waals surface area contributed by atoms with Crippen LogP contribution in [0.15, 0.2) is 0 Å². The van der Waals surface area contributed by atoms with Crippen molar-refractivity contribution in [3.05, 3.63) is 0 Å². The fourth-order valence-electron chi connectivity index (χ4n) is 0. The second-order valence-electron chi connectivity index (χ2n) is 1.47. The molecule has 0 saturated heterocycles. The maximum atomic E-state index is 8.89. The molecule has 0 N–H and O–H groups in total. The van der Waals surface area contributed by atoms with Crippen molar-refractivity contribution in [2.75, 3.05) is 0 Å². The van der Waals surface area contributed by atoms with E-state index in [0.717, 1.165) is 20.8 Å². The van der Waals surface area contributed by atoms with Crippen molar-refractivity contribution in [1.29, 1.82) is 0 Å². The summed E-state index contributed by atoms with van der Waals surface area (Å²) in [6, 6.07) is 0. The van der Waals surface area contributed by atoms with E-state index in [2.05, 4.69) is 0 Å². The molecule has 81 valence electrons. The van der Waals surface area contributed by atoms with E-state index in [-0.39, 0.29) is 30.9 Å². The first-order valence-electron chi connectivity index (χ1n) is 2.72. The maximum Gasteiger partial charge on any atom is 3.00 e. The van der Waals surface area contributed by atoms with Gasteiger partial charge in [-0.15, -0.1) is 0 Å². The van der Waals surface area contributed by atoms with E-state index in [9.17, 15) is 0 Å². The Morgan fingerprint density at radius 1 is 0.714 bits per heavy atom. The van der Waals surface area contributed by atoms with E-state index in [1.807, 2.05) is 0 Å². The Morgan fingerprint density at radius 2 is 0.714 bits per heavy atom. The van der Waals surface area contributed by atoms with E-state index in [1.165, 1.54) is 0 Å². The van der Waals surface area contributed by atoms with Gasteiger partial charge in [-0.05, 0) is 20.8 Å². The third kappa shape index (κ3) is 1940. The molecule has 0 spiro atoms. The molecule has 0 aliphatic rings. The van der Waals surface area contributed by atoms with E-state index in [0.29, 0.717) is 0 Å². The predicted molar refractivity (Wildman–Crippen MR) is 38.9 cm³/mol. The predicted octanol–water partition coefficient (Wildman–Crippen LogP) is -3.69. The van der Waals surface area contributed by atoms with Gasteiger partial charge < -0.3 is 29.7 Å². The van der Waals surface area contributed by atoms with Crippen molar-refractivity contribution in [3.63, 3.8) is 0 Å². The molecule has 0 aromatic heterocycles. The van der Waals surface area contributed by atoms with Crippen molar-refractivity contribution in [2.24, 2.45) is 0 Å². The summed E-state index contributed by atoms with van der Waals surface area (Å²) in [5.74, 6) is -3.25. The Balaban J connectivity index is -0.0000000270. The third-order valence-electron chi connectivity index (χ3n) is 0. The first kappa shape index (κ1) is 29.2. The summed E-state index contributed by atoms with van der Waals surface area (Å²) in [5.41, 5.74) is 0. The van der Waals surface area contributed by atoms with Gasteiger partial charge in [-0.25, -0.2) is 0 Å². The summed E-state index contributed by atoms with van der Waals surface area (Å²) >= 11 is 0. The molecular formula is C6H9BiFO6. The van der Waals surface area contributed by atoms with Crippen LogP contribution in [0.2, 0.25) is 0 Å². The van der Waals surface area contributed by atoms with Gasteiger partial charge in [0, 0.05) is 22.6 Å². The third-order valence-corrected chi connectivity index (χ3v) is 0. The Bertz CT molecular complexity index is 120. The van der Waals surface area contributed by atoms with Crippen molar-refractivity contribution >= 4 is 44.1 Å². The van der Waals surface area contributed by atoms with Crippen LogP contribution in [-0.2, 0) is 14.4 Å². The molecule has 0 heterocycles. The second kappa shape index (κ2) is 22.8. The van der Waals surface area contributed by atoms with Crippen LogP contribution in [0.4, 0.5) is 4.70 Å². The zero-order valence-corrected chi connectivity index (χ0v) is 11.3. The molecule has 0 aromatic carbocycles. The number of rotatable bonds is 0. The van der Waals surface area contributed by atoms with Crippen molar-refractivity contribution < 1.29 is 34.4 Å². The topological polar surface area (TPSA) is 120 Å². The van der Waals surface area contributed by atoms with Gasteiger partial charge in [0.2, 0.25) is 0 Å². The first-order valence-corrected chi connectivity index (χ1v) is 2.72. The quantitative estimate of drug-likeness (QED) is 0.383. The standard InChI is InChI=1S/3C2H4O2.Bi.F/c3*1-2(3)4;;/h3*1H3,(H,3,4);;/q;;;+3;/p-3. The number of carboxylic acid groups (broad SMARTS) is 3. The van der Waals surface area contributed by atoms with E-state index >= 15 is 0 Å². The molecule has 0 amide bonds. The zero-order chi connectivity index (χ0) is 10.7. The number of carbonyl (C=O) groups excluding carboxylic acids is 3. The largest absolute Gasteiger partial charge is 3.00 e. The molecule has 0 rings (SSSR count). The zero-order valence-electron chi connectivity index (χ0n) is 7.77. The fraction of sp³-hybridized carbons (Fsp3) is 0.500. The van der Waals surface area contributed by atoms with Crippen molar-refractivity contribution in [1.82, 2.24) is 0 Å². The molecule has 0 unspecified atom stereocenters. The molecule has 0 aliphatic heterocycles. The van der Waals surface area contributed by atoms with Gasteiger partial charge in [0.15, 0.2) is 0 Å². The van der Waals surface area contributed by atoms with Crippen LogP contribution >= 0.6 is 0 Å². The average molecular weight is 405 g/mol. The van der Waals surface area contributed by atoms with Gasteiger partial charge in [-0.2, -0.15) is 0 Å².